The maximum atomic E-state index is 9.56. The van der Waals surface area contributed by atoms with Crippen molar-refractivity contribution in [2.45, 2.75) is 50.3 Å². The second kappa shape index (κ2) is 3.53. The lowest BCUT2D eigenvalue weighted by atomic mass is 9.99. The summed E-state index contributed by atoms with van der Waals surface area (Å²) in [5.41, 5.74) is 0. The van der Waals surface area contributed by atoms with E-state index in [9.17, 15) is 5.11 Å². The molecule has 0 radical (unpaired) electrons. The van der Waals surface area contributed by atoms with Gasteiger partial charge in [0.1, 0.15) is 24.4 Å². The number of aliphatic hydroxyl groups excluding tert-OH is 2. The predicted molar refractivity (Wildman–Crippen MR) is 45.3 cm³/mol. The van der Waals surface area contributed by atoms with Crippen molar-refractivity contribution >= 4 is 0 Å². The van der Waals surface area contributed by atoms with E-state index in [2.05, 4.69) is 6.92 Å². The van der Waals surface area contributed by atoms with E-state index in [0.717, 1.165) is 12.8 Å². The van der Waals surface area contributed by atoms with E-state index in [0.29, 0.717) is 0 Å². The third-order valence-corrected chi connectivity index (χ3v) is 2.75. The number of epoxide rings is 1. The van der Waals surface area contributed by atoms with Crippen LogP contribution >= 0.6 is 0 Å². The van der Waals surface area contributed by atoms with Crippen LogP contribution in [0.2, 0.25) is 0 Å². The maximum Gasteiger partial charge on any atom is 0.115 e. The monoisotopic (exact) mass is 188 g/mol. The molecule has 0 bridgehead atoms. The topological polar surface area (TPSA) is 62.2 Å². The maximum absolute atomic E-state index is 9.56. The van der Waals surface area contributed by atoms with Crippen LogP contribution in [0.4, 0.5) is 0 Å². The third kappa shape index (κ3) is 1.59. The lowest BCUT2D eigenvalue weighted by Gasteiger charge is -2.29. The zero-order chi connectivity index (χ0) is 9.42. The van der Waals surface area contributed by atoms with Gasteiger partial charge in [-0.1, -0.05) is 13.3 Å². The molecule has 0 amide bonds. The average molecular weight is 188 g/mol. The highest BCUT2D eigenvalue weighted by atomic mass is 16.7. The summed E-state index contributed by atoms with van der Waals surface area (Å²) in [5, 5.41) is 18.5. The quantitative estimate of drug-likeness (QED) is 0.596. The van der Waals surface area contributed by atoms with Crippen molar-refractivity contribution in [1.82, 2.24) is 0 Å². The number of ether oxygens (including phenoxy) is 2. The molecule has 2 rings (SSSR count). The molecule has 0 saturated carbocycles. The first-order valence-corrected chi connectivity index (χ1v) is 4.87. The smallest absolute Gasteiger partial charge is 0.115 e. The first-order chi connectivity index (χ1) is 6.27. The zero-order valence-electron chi connectivity index (χ0n) is 7.72. The average Bonchev–Trinajstić information content (AvgIpc) is 2.90. The summed E-state index contributed by atoms with van der Waals surface area (Å²) >= 11 is 0. The summed E-state index contributed by atoms with van der Waals surface area (Å²) in [5.74, 6) is 0. The van der Waals surface area contributed by atoms with Gasteiger partial charge in [-0.25, -0.2) is 0 Å². The van der Waals surface area contributed by atoms with E-state index in [1.807, 2.05) is 0 Å². The Morgan fingerprint density at radius 2 is 1.92 bits per heavy atom. The van der Waals surface area contributed by atoms with Gasteiger partial charge >= 0.3 is 0 Å². The molecule has 2 aliphatic rings. The predicted octanol–water partition coefficient (Wildman–Crippen LogP) is -0.326. The zero-order valence-corrected chi connectivity index (χ0v) is 7.72. The molecule has 13 heavy (non-hydrogen) atoms. The molecule has 2 heterocycles. The summed E-state index contributed by atoms with van der Waals surface area (Å²) < 4.78 is 10.8. The van der Waals surface area contributed by atoms with E-state index >= 15 is 0 Å². The largest absolute Gasteiger partial charge is 0.394 e. The summed E-state index contributed by atoms with van der Waals surface area (Å²) in [4.78, 5) is 0. The molecule has 4 heteroatoms. The standard InChI is InChI=1S/C9H16O4/c1-2-3-5-8-9(13-8)7(11)6(4-10)12-5/h5-11H,2-4H2,1H3/t5-,6-,7-,8+,9-/m1/s1. The van der Waals surface area contributed by atoms with Crippen molar-refractivity contribution in [3.05, 3.63) is 0 Å². The highest BCUT2D eigenvalue weighted by molar-refractivity contribution is 5.02. The van der Waals surface area contributed by atoms with E-state index in [-0.39, 0.29) is 24.9 Å². The summed E-state index contributed by atoms with van der Waals surface area (Å²) in [7, 11) is 0. The lowest BCUT2D eigenvalue weighted by molar-refractivity contribution is -0.120. The number of aliphatic hydroxyl groups is 2. The summed E-state index contributed by atoms with van der Waals surface area (Å²) in [6.45, 7) is 1.95. The van der Waals surface area contributed by atoms with Crippen LogP contribution in [0.1, 0.15) is 19.8 Å². The number of fused-ring (bicyclic) bond motifs is 1. The minimum atomic E-state index is -0.650. The van der Waals surface area contributed by atoms with E-state index in [4.69, 9.17) is 14.6 Å². The molecular formula is C9H16O4. The van der Waals surface area contributed by atoms with Crippen LogP contribution in [-0.2, 0) is 9.47 Å². The van der Waals surface area contributed by atoms with Crippen LogP contribution in [0.5, 0.6) is 0 Å². The van der Waals surface area contributed by atoms with E-state index in [1.54, 1.807) is 0 Å². The van der Waals surface area contributed by atoms with Crippen molar-refractivity contribution in [3.8, 4) is 0 Å². The Bertz CT molecular complexity index is 182. The Labute approximate surface area is 77.5 Å². The van der Waals surface area contributed by atoms with Crippen LogP contribution < -0.4 is 0 Å². The molecular weight excluding hydrogens is 172 g/mol. The minimum Gasteiger partial charge on any atom is -0.394 e. The molecule has 0 unspecified atom stereocenters. The fourth-order valence-electron chi connectivity index (χ4n) is 1.97. The van der Waals surface area contributed by atoms with Crippen LogP contribution in [0, 0.1) is 0 Å². The Hall–Kier alpha value is -0.160. The van der Waals surface area contributed by atoms with Crippen LogP contribution in [0.15, 0.2) is 0 Å². The van der Waals surface area contributed by atoms with Crippen molar-refractivity contribution in [2.75, 3.05) is 6.61 Å². The van der Waals surface area contributed by atoms with Gasteiger partial charge in [0.05, 0.1) is 12.7 Å². The SMILES string of the molecule is CCC[C@H]1O[C@H](CO)[C@@H](O)[C@H]2O[C@H]21. The number of hydrogen-bond donors (Lipinski definition) is 2. The molecule has 2 N–H and O–H groups in total. The van der Waals surface area contributed by atoms with Crippen molar-refractivity contribution < 1.29 is 19.7 Å². The van der Waals surface area contributed by atoms with Crippen molar-refractivity contribution in [2.24, 2.45) is 0 Å². The van der Waals surface area contributed by atoms with Gasteiger partial charge in [-0.2, -0.15) is 0 Å². The minimum absolute atomic E-state index is 0.0653. The summed E-state index contributed by atoms with van der Waals surface area (Å²) in [6.07, 6.45) is 0.898. The van der Waals surface area contributed by atoms with Gasteiger partial charge in [0, 0.05) is 0 Å². The molecule has 76 valence electrons. The summed E-state index contributed by atoms with van der Waals surface area (Å²) in [6, 6.07) is 0. The molecule has 2 aliphatic heterocycles. The van der Waals surface area contributed by atoms with Gasteiger partial charge < -0.3 is 19.7 Å². The Morgan fingerprint density at radius 1 is 1.15 bits per heavy atom. The van der Waals surface area contributed by atoms with Gasteiger partial charge in [0.2, 0.25) is 0 Å². The van der Waals surface area contributed by atoms with Crippen LogP contribution in [0.25, 0.3) is 0 Å². The van der Waals surface area contributed by atoms with E-state index in [1.165, 1.54) is 0 Å². The van der Waals surface area contributed by atoms with Crippen LogP contribution in [0.3, 0.4) is 0 Å². The van der Waals surface area contributed by atoms with Crippen molar-refractivity contribution in [3.63, 3.8) is 0 Å². The van der Waals surface area contributed by atoms with Gasteiger partial charge in [0.15, 0.2) is 0 Å². The van der Waals surface area contributed by atoms with Gasteiger partial charge in [-0.15, -0.1) is 0 Å². The highest BCUT2D eigenvalue weighted by Gasteiger charge is 2.56. The molecule has 0 aromatic heterocycles. The van der Waals surface area contributed by atoms with Crippen molar-refractivity contribution in [1.29, 1.82) is 0 Å². The Balaban J connectivity index is 1.95. The Kier molecular flexibility index (Phi) is 2.55. The Morgan fingerprint density at radius 3 is 2.54 bits per heavy atom. The fraction of sp³-hybridized carbons (Fsp3) is 1.00. The normalized spacial score (nSPS) is 48.7. The fourth-order valence-corrected chi connectivity index (χ4v) is 1.97. The number of rotatable bonds is 3. The first-order valence-electron chi connectivity index (χ1n) is 4.87. The molecule has 0 spiro atoms. The van der Waals surface area contributed by atoms with Gasteiger partial charge in [0.25, 0.3) is 0 Å². The highest BCUT2D eigenvalue weighted by Crippen LogP contribution is 2.38. The first kappa shape index (κ1) is 9.40. The molecule has 2 saturated heterocycles. The third-order valence-electron chi connectivity index (χ3n) is 2.75. The van der Waals surface area contributed by atoms with Crippen LogP contribution in [-0.4, -0.2) is 47.3 Å². The molecule has 5 atom stereocenters. The lowest BCUT2D eigenvalue weighted by Crippen LogP contribution is -2.46. The molecule has 0 aliphatic carbocycles. The van der Waals surface area contributed by atoms with E-state index < -0.39 is 12.2 Å². The number of hydrogen-bond acceptors (Lipinski definition) is 4. The molecule has 0 aromatic carbocycles. The molecule has 0 aromatic rings. The van der Waals surface area contributed by atoms with Gasteiger partial charge in [-0.05, 0) is 6.42 Å². The molecule has 2 fully saturated rings. The second-order valence-corrected chi connectivity index (χ2v) is 3.74. The van der Waals surface area contributed by atoms with Gasteiger partial charge in [-0.3, -0.25) is 0 Å². The second-order valence-electron chi connectivity index (χ2n) is 3.74. The molecule has 4 nitrogen and oxygen atoms in total.